The molecule has 0 N–H and O–H groups in total. The fourth-order valence-electron chi connectivity index (χ4n) is 2.02. The Morgan fingerprint density at radius 1 is 1.24 bits per heavy atom. The topological polar surface area (TPSA) is 55.5 Å². The van der Waals surface area contributed by atoms with E-state index >= 15 is 0 Å². The third-order valence-corrected chi connectivity index (χ3v) is 3.55. The molecule has 1 aromatic heterocycles. The molecule has 1 heterocycles. The molecule has 0 radical (unpaired) electrons. The zero-order chi connectivity index (χ0) is 15.7. The van der Waals surface area contributed by atoms with E-state index < -0.39 is 11.6 Å². The van der Waals surface area contributed by atoms with Crippen LogP contribution < -0.4 is 10.5 Å². The number of anilines is 1. The Balaban J connectivity index is 2.47. The summed E-state index contributed by atoms with van der Waals surface area (Å²) in [6.45, 7) is 7.23. The second kappa shape index (κ2) is 5.77. The minimum atomic E-state index is -0.642. The van der Waals surface area contributed by atoms with Gasteiger partial charge in [0.25, 0.3) is 0 Å². The van der Waals surface area contributed by atoms with Gasteiger partial charge in [-0.3, -0.25) is 9.69 Å². The minimum Gasteiger partial charge on any atom is -0.370 e. The summed E-state index contributed by atoms with van der Waals surface area (Å²) in [5, 5.41) is -0.0732. The quantitative estimate of drug-likeness (QED) is 0.852. The SMILES string of the molecule is Cc1ccc(N(C(=O)n2oc(C)c(Cl)c2=O)C(C)C)cc1. The zero-order valence-electron chi connectivity index (χ0n) is 12.4. The second-order valence-corrected chi connectivity index (χ2v) is 5.52. The molecule has 0 saturated heterocycles. The van der Waals surface area contributed by atoms with Gasteiger partial charge < -0.3 is 4.52 Å². The molecule has 0 aliphatic rings. The van der Waals surface area contributed by atoms with Gasteiger partial charge in [0.05, 0.1) is 0 Å². The van der Waals surface area contributed by atoms with E-state index in [1.807, 2.05) is 45.0 Å². The molecule has 1 aromatic carbocycles. The van der Waals surface area contributed by atoms with Crippen LogP contribution in [0, 0.1) is 13.8 Å². The maximum atomic E-state index is 12.6. The molecular weight excluding hydrogens is 292 g/mol. The molecule has 0 fully saturated rings. The summed E-state index contributed by atoms with van der Waals surface area (Å²) in [4.78, 5) is 26.0. The number of hydrogen-bond acceptors (Lipinski definition) is 3. The van der Waals surface area contributed by atoms with Gasteiger partial charge in [-0.15, -0.1) is 0 Å². The first-order valence-corrected chi connectivity index (χ1v) is 6.99. The molecule has 0 atom stereocenters. The van der Waals surface area contributed by atoms with Crippen molar-refractivity contribution in [3.8, 4) is 0 Å². The highest BCUT2D eigenvalue weighted by Gasteiger charge is 2.26. The van der Waals surface area contributed by atoms with Crippen LogP contribution in [0.25, 0.3) is 0 Å². The maximum absolute atomic E-state index is 12.6. The van der Waals surface area contributed by atoms with Crippen LogP contribution in [0.3, 0.4) is 0 Å². The second-order valence-electron chi connectivity index (χ2n) is 5.14. The molecule has 0 bridgehead atoms. The molecule has 0 unspecified atom stereocenters. The summed E-state index contributed by atoms with van der Waals surface area (Å²) >= 11 is 5.80. The van der Waals surface area contributed by atoms with Crippen LogP contribution in [0.5, 0.6) is 0 Å². The Labute approximate surface area is 127 Å². The van der Waals surface area contributed by atoms with Crippen molar-refractivity contribution in [2.45, 2.75) is 33.7 Å². The lowest BCUT2D eigenvalue weighted by Gasteiger charge is -2.25. The number of nitrogens with zero attached hydrogens (tertiary/aromatic N) is 2. The zero-order valence-corrected chi connectivity index (χ0v) is 13.1. The van der Waals surface area contributed by atoms with Crippen LogP contribution in [0.1, 0.15) is 25.2 Å². The highest BCUT2D eigenvalue weighted by Crippen LogP contribution is 2.20. The van der Waals surface area contributed by atoms with E-state index in [1.54, 1.807) is 6.92 Å². The normalized spacial score (nSPS) is 11.0. The number of amides is 1. The summed E-state index contributed by atoms with van der Waals surface area (Å²) in [7, 11) is 0. The van der Waals surface area contributed by atoms with Crippen LogP contribution in [0.15, 0.2) is 33.6 Å². The Morgan fingerprint density at radius 2 is 1.81 bits per heavy atom. The minimum absolute atomic E-state index is 0.0732. The van der Waals surface area contributed by atoms with E-state index in [9.17, 15) is 9.59 Å². The fraction of sp³-hybridized carbons (Fsp3) is 0.333. The number of aryl methyl sites for hydroxylation is 2. The molecule has 5 nitrogen and oxygen atoms in total. The van der Waals surface area contributed by atoms with E-state index in [2.05, 4.69) is 0 Å². The van der Waals surface area contributed by atoms with Gasteiger partial charge >= 0.3 is 11.6 Å². The third kappa shape index (κ3) is 2.88. The number of rotatable bonds is 2. The highest BCUT2D eigenvalue weighted by molar-refractivity contribution is 6.31. The number of hydrogen-bond donors (Lipinski definition) is 0. The number of aromatic nitrogens is 1. The predicted molar refractivity (Wildman–Crippen MR) is 82.3 cm³/mol. The van der Waals surface area contributed by atoms with Gasteiger partial charge in [0, 0.05) is 11.7 Å². The van der Waals surface area contributed by atoms with Gasteiger partial charge in [-0.25, -0.2) is 4.79 Å². The maximum Gasteiger partial charge on any atom is 0.365 e. The Hall–Kier alpha value is -2.01. The number of carbonyl (C=O) groups is 1. The third-order valence-electron chi connectivity index (χ3n) is 3.12. The molecule has 1 amide bonds. The molecular formula is C15H17ClN2O3. The first kappa shape index (κ1) is 15.4. The fourth-order valence-corrected chi connectivity index (χ4v) is 2.13. The highest BCUT2D eigenvalue weighted by atomic mass is 35.5. The number of halogens is 1. The molecule has 6 heteroatoms. The first-order valence-electron chi connectivity index (χ1n) is 6.61. The van der Waals surface area contributed by atoms with Crippen LogP contribution in [-0.4, -0.2) is 16.8 Å². The molecule has 0 aliphatic heterocycles. The Kier molecular flexibility index (Phi) is 4.23. The summed E-state index contributed by atoms with van der Waals surface area (Å²) in [6, 6.07) is 6.76. The monoisotopic (exact) mass is 308 g/mol. The van der Waals surface area contributed by atoms with Gasteiger partial charge in [0.2, 0.25) is 0 Å². The number of benzene rings is 1. The van der Waals surface area contributed by atoms with Crippen molar-refractivity contribution in [1.29, 1.82) is 0 Å². The lowest BCUT2D eigenvalue weighted by atomic mass is 10.2. The van der Waals surface area contributed by atoms with Crippen LogP contribution >= 0.6 is 11.6 Å². The van der Waals surface area contributed by atoms with Crippen LogP contribution in [-0.2, 0) is 0 Å². The first-order chi connectivity index (χ1) is 9.82. The number of carbonyl (C=O) groups excluding carboxylic acids is 1. The molecule has 0 spiro atoms. The van der Waals surface area contributed by atoms with Crippen molar-refractivity contribution < 1.29 is 9.32 Å². The van der Waals surface area contributed by atoms with Gasteiger partial charge in [-0.05, 0) is 39.8 Å². The van der Waals surface area contributed by atoms with Gasteiger partial charge in [-0.2, -0.15) is 0 Å². The summed E-state index contributed by atoms with van der Waals surface area (Å²) in [5.74, 6) is 0.225. The lowest BCUT2D eigenvalue weighted by molar-refractivity contribution is 0.210. The van der Waals surface area contributed by atoms with E-state index in [1.165, 1.54) is 4.90 Å². The summed E-state index contributed by atoms with van der Waals surface area (Å²) < 4.78 is 5.86. The smallest absolute Gasteiger partial charge is 0.365 e. The molecule has 2 rings (SSSR count). The largest absolute Gasteiger partial charge is 0.370 e. The molecule has 0 saturated carbocycles. The van der Waals surface area contributed by atoms with E-state index in [4.69, 9.17) is 16.1 Å². The van der Waals surface area contributed by atoms with Gasteiger partial charge in [0.1, 0.15) is 5.02 Å². The average Bonchev–Trinajstić information content (AvgIpc) is 2.68. The molecule has 2 aromatic rings. The van der Waals surface area contributed by atoms with E-state index in [-0.39, 0.29) is 16.8 Å². The van der Waals surface area contributed by atoms with Crippen molar-refractivity contribution in [2.75, 3.05) is 4.90 Å². The summed E-state index contributed by atoms with van der Waals surface area (Å²) in [5.41, 5.74) is 1.14. The summed E-state index contributed by atoms with van der Waals surface area (Å²) in [6.07, 6.45) is 0. The van der Waals surface area contributed by atoms with Crippen molar-refractivity contribution >= 4 is 23.3 Å². The predicted octanol–water partition coefficient (Wildman–Crippen LogP) is 3.59. The van der Waals surface area contributed by atoms with Gasteiger partial charge in [-0.1, -0.05) is 34.0 Å². The van der Waals surface area contributed by atoms with Crippen molar-refractivity contribution in [2.24, 2.45) is 0 Å². The van der Waals surface area contributed by atoms with Crippen molar-refractivity contribution in [3.05, 3.63) is 51.0 Å². The molecule has 0 aliphatic carbocycles. The standard InChI is InChI=1S/C15H17ClN2O3/c1-9(2)17(12-7-5-10(3)6-8-12)15(20)18-14(19)13(16)11(4)21-18/h5-9H,1-4H3. The Bertz CT molecular complexity index is 714. The average molecular weight is 309 g/mol. The van der Waals surface area contributed by atoms with Gasteiger partial charge in [0.15, 0.2) is 5.76 Å². The van der Waals surface area contributed by atoms with Crippen molar-refractivity contribution in [3.63, 3.8) is 0 Å². The van der Waals surface area contributed by atoms with Crippen LogP contribution in [0.2, 0.25) is 5.02 Å². The van der Waals surface area contributed by atoms with E-state index in [0.29, 0.717) is 10.4 Å². The lowest BCUT2D eigenvalue weighted by Crippen LogP contribution is -2.42. The Morgan fingerprint density at radius 3 is 2.24 bits per heavy atom. The molecule has 112 valence electrons. The van der Waals surface area contributed by atoms with Crippen molar-refractivity contribution in [1.82, 2.24) is 4.74 Å². The molecule has 21 heavy (non-hydrogen) atoms. The van der Waals surface area contributed by atoms with E-state index in [0.717, 1.165) is 5.56 Å². The van der Waals surface area contributed by atoms with Crippen LogP contribution in [0.4, 0.5) is 10.5 Å².